The van der Waals surface area contributed by atoms with Crippen molar-refractivity contribution < 1.29 is 19.0 Å². The molecule has 0 spiro atoms. The molecule has 0 saturated carbocycles. The van der Waals surface area contributed by atoms with Gasteiger partial charge in [0.25, 0.3) is 0 Å². The van der Waals surface area contributed by atoms with Crippen molar-refractivity contribution >= 4 is 28.9 Å². The van der Waals surface area contributed by atoms with Crippen molar-refractivity contribution in [2.24, 2.45) is 0 Å². The van der Waals surface area contributed by atoms with Gasteiger partial charge in [0.2, 0.25) is 0 Å². The monoisotopic (exact) mass is 466 g/mol. The highest BCUT2D eigenvalue weighted by molar-refractivity contribution is 6.30. The number of ether oxygens (including phenoxy) is 3. The molecular weight excluding hydrogens is 440 g/mol. The number of anilines is 2. The van der Waals surface area contributed by atoms with Crippen LogP contribution in [0, 0.1) is 0 Å². The molecule has 4 rings (SSSR count). The van der Waals surface area contributed by atoms with Crippen LogP contribution in [0.25, 0.3) is 0 Å². The van der Waals surface area contributed by atoms with Gasteiger partial charge < -0.3 is 24.4 Å². The molecule has 6 nitrogen and oxygen atoms in total. The zero-order valence-electron chi connectivity index (χ0n) is 18.6. The molecule has 172 valence electrons. The summed E-state index contributed by atoms with van der Waals surface area (Å²) >= 11 is 5.92. The fraction of sp³-hybridized carbons (Fsp3) is 0.269. The lowest BCUT2D eigenvalue weighted by molar-refractivity contribution is 0.0600. The number of benzene rings is 3. The lowest BCUT2D eigenvalue weighted by Gasteiger charge is -2.30. The predicted octanol–water partition coefficient (Wildman–Crippen LogP) is 5.15. The molecule has 7 heteroatoms. The quantitative estimate of drug-likeness (QED) is 0.463. The molecule has 3 aromatic rings. The molecule has 33 heavy (non-hydrogen) atoms. The Morgan fingerprint density at radius 2 is 1.70 bits per heavy atom. The van der Waals surface area contributed by atoms with Gasteiger partial charge in [-0.15, -0.1) is 0 Å². The summed E-state index contributed by atoms with van der Waals surface area (Å²) in [5.74, 6) is 0.457. The van der Waals surface area contributed by atoms with E-state index in [-0.39, 0.29) is 5.97 Å². The van der Waals surface area contributed by atoms with E-state index in [2.05, 4.69) is 10.2 Å². The average Bonchev–Trinajstić information content (AvgIpc) is 2.87. The first-order valence-electron chi connectivity index (χ1n) is 10.9. The zero-order chi connectivity index (χ0) is 23.0. The number of rotatable bonds is 8. The van der Waals surface area contributed by atoms with Gasteiger partial charge >= 0.3 is 5.97 Å². The third-order valence-corrected chi connectivity index (χ3v) is 5.74. The van der Waals surface area contributed by atoms with Crippen LogP contribution in [0.5, 0.6) is 5.75 Å². The van der Waals surface area contributed by atoms with Crippen LogP contribution in [0.15, 0.2) is 66.7 Å². The minimum Gasteiger partial charge on any atom is -0.489 e. The second-order valence-electron chi connectivity index (χ2n) is 7.74. The molecule has 0 amide bonds. The molecule has 1 heterocycles. The van der Waals surface area contributed by atoms with Crippen LogP contribution in [-0.2, 0) is 22.6 Å². The Balaban J connectivity index is 1.36. The normalized spacial score (nSPS) is 13.5. The van der Waals surface area contributed by atoms with E-state index in [4.69, 9.17) is 25.8 Å². The van der Waals surface area contributed by atoms with E-state index in [1.165, 1.54) is 7.11 Å². The molecule has 1 aliphatic rings. The summed E-state index contributed by atoms with van der Waals surface area (Å²) in [5, 5.41) is 4.10. The number of carbonyl (C=O) groups is 1. The Labute approximate surface area is 199 Å². The first-order valence-corrected chi connectivity index (χ1v) is 11.3. The van der Waals surface area contributed by atoms with E-state index >= 15 is 0 Å². The molecule has 0 aliphatic carbocycles. The van der Waals surface area contributed by atoms with E-state index in [1.807, 2.05) is 66.7 Å². The third-order valence-electron chi connectivity index (χ3n) is 5.49. The first kappa shape index (κ1) is 23.0. The Kier molecular flexibility index (Phi) is 7.70. The van der Waals surface area contributed by atoms with Gasteiger partial charge in [-0.3, -0.25) is 0 Å². The van der Waals surface area contributed by atoms with Crippen LogP contribution >= 0.6 is 11.6 Å². The van der Waals surface area contributed by atoms with E-state index in [1.54, 1.807) is 0 Å². The minimum atomic E-state index is -0.345. The highest BCUT2D eigenvalue weighted by Gasteiger charge is 2.19. The molecule has 0 radical (unpaired) electrons. The number of hydrogen-bond acceptors (Lipinski definition) is 6. The Morgan fingerprint density at radius 1 is 1.00 bits per heavy atom. The van der Waals surface area contributed by atoms with E-state index in [9.17, 15) is 4.79 Å². The molecular formula is C26H27ClN2O4. The molecule has 3 aromatic carbocycles. The average molecular weight is 467 g/mol. The summed E-state index contributed by atoms with van der Waals surface area (Å²) in [7, 11) is 1.40. The molecule has 1 saturated heterocycles. The lowest BCUT2D eigenvalue weighted by atomic mass is 10.1. The maximum atomic E-state index is 12.4. The van der Waals surface area contributed by atoms with Crippen molar-refractivity contribution in [2.75, 3.05) is 43.6 Å². The molecule has 0 unspecified atom stereocenters. The standard InChI is InChI=1S/C26H27ClN2O4/c1-31-26(30)24-16-22(8-11-25(24)29-12-14-32-15-13-29)28-17-19-4-9-23(10-5-19)33-18-20-2-6-21(27)7-3-20/h2-11,16,28H,12-15,17-18H2,1H3. The number of halogens is 1. The number of morpholine rings is 1. The number of esters is 1. The minimum absolute atomic E-state index is 0.345. The number of hydrogen-bond donors (Lipinski definition) is 1. The third kappa shape index (κ3) is 6.18. The number of nitrogens with one attached hydrogen (secondary N) is 1. The van der Waals surface area contributed by atoms with Crippen molar-refractivity contribution in [2.45, 2.75) is 13.2 Å². The summed E-state index contributed by atoms with van der Waals surface area (Å²) in [5.41, 5.74) is 4.45. The highest BCUT2D eigenvalue weighted by Crippen LogP contribution is 2.26. The van der Waals surface area contributed by atoms with Gasteiger partial charge in [-0.1, -0.05) is 35.9 Å². The van der Waals surface area contributed by atoms with Gasteiger partial charge in [0, 0.05) is 30.3 Å². The Bertz CT molecular complexity index is 1060. The van der Waals surface area contributed by atoms with Gasteiger partial charge in [-0.2, -0.15) is 0 Å². The molecule has 1 aliphatic heterocycles. The first-order chi connectivity index (χ1) is 16.1. The SMILES string of the molecule is COC(=O)c1cc(NCc2ccc(OCc3ccc(Cl)cc3)cc2)ccc1N1CCOCC1. The maximum Gasteiger partial charge on any atom is 0.340 e. The van der Waals surface area contributed by atoms with Crippen LogP contribution in [0.4, 0.5) is 11.4 Å². The predicted molar refractivity (Wildman–Crippen MR) is 130 cm³/mol. The van der Waals surface area contributed by atoms with Crippen molar-refractivity contribution in [3.05, 3.63) is 88.4 Å². The van der Waals surface area contributed by atoms with Crippen molar-refractivity contribution in [1.29, 1.82) is 0 Å². The van der Waals surface area contributed by atoms with Crippen molar-refractivity contribution in [1.82, 2.24) is 0 Å². The van der Waals surface area contributed by atoms with Crippen LogP contribution in [-0.4, -0.2) is 39.4 Å². The second-order valence-corrected chi connectivity index (χ2v) is 8.17. The van der Waals surface area contributed by atoms with Crippen LogP contribution in [0.1, 0.15) is 21.5 Å². The summed E-state index contributed by atoms with van der Waals surface area (Å²) in [4.78, 5) is 14.5. The van der Waals surface area contributed by atoms with Crippen molar-refractivity contribution in [3.63, 3.8) is 0 Å². The molecule has 0 aromatic heterocycles. The molecule has 0 atom stereocenters. The fourth-order valence-electron chi connectivity index (χ4n) is 3.65. The Morgan fingerprint density at radius 3 is 2.39 bits per heavy atom. The van der Waals surface area contributed by atoms with Crippen LogP contribution < -0.4 is 15.0 Å². The summed E-state index contributed by atoms with van der Waals surface area (Å²) < 4.78 is 16.3. The van der Waals surface area contributed by atoms with Gasteiger partial charge in [0.15, 0.2) is 0 Å². The largest absolute Gasteiger partial charge is 0.489 e. The Hall–Kier alpha value is -3.22. The summed E-state index contributed by atoms with van der Waals surface area (Å²) in [6, 6.07) is 21.4. The smallest absolute Gasteiger partial charge is 0.340 e. The molecule has 0 bridgehead atoms. The van der Waals surface area contributed by atoms with Gasteiger partial charge in [0.05, 0.1) is 31.6 Å². The molecule has 1 N–H and O–H groups in total. The van der Waals surface area contributed by atoms with Crippen LogP contribution in [0.3, 0.4) is 0 Å². The highest BCUT2D eigenvalue weighted by atomic mass is 35.5. The van der Waals surface area contributed by atoms with Crippen LogP contribution in [0.2, 0.25) is 5.02 Å². The lowest BCUT2D eigenvalue weighted by Crippen LogP contribution is -2.37. The van der Waals surface area contributed by atoms with E-state index < -0.39 is 0 Å². The van der Waals surface area contributed by atoms with Gasteiger partial charge in [-0.05, 0) is 53.6 Å². The second kappa shape index (κ2) is 11.1. The van der Waals surface area contributed by atoms with E-state index in [0.717, 1.165) is 41.3 Å². The summed E-state index contributed by atoms with van der Waals surface area (Å²) in [6.07, 6.45) is 0. The van der Waals surface area contributed by atoms with E-state index in [0.29, 0.717) is 37.0 Å². The number of carbonyl (C=O) groups excluding carboxylic acids is 1. The summed E-state index contributed by atoms with van der Waals surface area (Å²) in [6.45, 7) is 3.92. The fourth-order valence-corrected chi connectivity index (χ4v) is 3.78. The number of nitrogens with zero attached hydrogens (tertiary/aromatic N) is 1. The maximum absolute atomic E-state index is 12.4. The van der Waals surface area contributed by atoms with Gasteiger partial charge in [-0.25, -0.2) is 4.79 Å². The zero-order valence-corrected chi connectivity index (χ0v) is 19.3. The number of methoxy groups -OCH3 is 1. The molecule has 1 fully saturated rings. The topological polar surface area (TPSA) is 60.0 Å². The van der Waals surface area contributed by atoms with Gasteiger partial charge in [0.1, 0.15) is 12.4 Å². The van der Waals surface area contributed by atoms with Crippen molar-refractivity contribution in [3.8, 4) is 5.75 Å².